The highest BCUT2D eigenvalue weighted by atomic mass is 35.5. The van der Waals surface area contributed by atoms with Crippen LogP contribution >= 0.6 is 11.6 Å². The van der Waals surface area contributed by atoms with E-state index in [9.17, 15) is 14.4 Å². The van der Waals surface area contributed by atoms with Crippen LogP contribution in [0.1, 0.15) is 62.9 Å². The summed E-state index contributed by atoms with van der Waals surface area (Å²) < 4.78 is 5.29. The van der Waals surface area contributed by atoms with E-state index < -0.39 is 5.60 Å². The normalized spacial score (nSPS) is 11.1. The maximum absolute atomic E-state index is 12.4. The van der Waals surface area contributed by atoms with E-state index in [2.05, 4.69) is 5.32 Å². The van der Waals surface area contributed by atoms with Gasteiger partial charge in [0.25, 0.3) is 0 Å². The number of esters is 1. The van der Waals surface area contributed by atoms with Crippen molar-refractivity contribution in [2.45, 2.75) is 59.0 Å². The number of rotatable bonds is 8. The molecule has 0 heterocycles. The van der Waals surface area contributed by atoms with Gasteiger partial charge in [0.1, 0.15) is 5.60 Å². The Morgan fingerprint density at radius 2 is 1.84 bits per heavy atom. The van der Waals surface area contributed by atoms with Crippen LogP contribution in [-0.4, -0.2) is 29.8 Å². The number of carbonyl (C=O) groups is 3. The Labute approximate surface area is 154 Å². The lowest BCUT2D eigenvalue weighted by Crippen LogP contribution is -2.24. The molecule has 1 amide bonds. The molecule has 25 heavy (non-hydrogen) atoms. The number of ether oxygens (including phenoxy) is 1. The highest BCUT2D eigenvalue weighted by Crippen LogP contribution is 2.20. The Kier molecular flexibility index (Phi) is 8.10. The molecule has 1 aromatic carbocycles. The second-order valence-electron chi connectivity index (χ2n) is 6.90. The topological polar surface area (TPSA) is 72.5 Å². The van der Waals surface area contributed by atoms with Gasteiger partial charge in [-0.05, 0) is 57.4 Å². The van der Waals surface area contributed by atoms with Crippen molar-refractivity contribution in [3.63, 3.8) is 0 Å². The minimum Gasteiger partial charge on any atom is -0.460 e. The summed E-state index contributed by atoms with van der Waals surface area (Å²) in [6.45, 7) is 7.34. The van der Waals surface area contributed by atoms with E-state index in [0.29, 0.717) is 36.4 Å². The van der Waals surface area contributed by atoms with Gasteiger partial charge in [-0.2, -0.15) is 0 Å². The van der Waals surface area contributed by atoms with E-state index in [1.165, 1.54) is 6.92 Å². The van der Waals surface area contributed by atoms with Gasteiger partial charge in [0.15, 0.2) is 5.78 Å². The van der Waals surface area contributed by atoms with Gasteiger partial charge in [-0.25, -0.2) is 0 Å². The number of hydrogen-bond donors (Lipinski definition) is 1. The van der Waals surface area contributed by atoms with Crippen LogP contribution in [0.5, 0.6) is 0 Å². The Morgan fingerprint density at radius 1 is 1.16 bits per heavy atom. The highest BCUT2D eigenvalue weighted by molar-refractivity contribution is 6.30. The molecule has 0 aliphatic heterocycles. The predicted octanol–water partition coefficient (Wildman–Crippen LogP) is 3.71. The fourth-order valence-corrected chi connectivity index (χ4v) is 2.51. The lowest BCUT2D eigenvalue weighted by molar-refractivity contribution is -0.154. The number of hydrogen-bond acceptors (Lipinski definition) is 4. The molecule has 6 heteroatoms. The van der Waals surface area contributed by atoms with E-state index >= 15 is 0 Å². The minimum absolute atomic E-state index is 0.0267. The molecule has 0 aliphatic carbocycles. The van der Waals surface area contributed by atoms with E-state index in [-0.39, 0.29) is 24.1 Å². The summed E-state index contributed by atoms with van der Waals surface area (Å²) in [6, 6.07) is 5.07. The van der Waals surface area contributed by atoms with E-state index in [0.717, 1.165) is 5.56 Å². The Bertz CT molecular complexity index is 635. The van der Waals surface area contributed by atoms with Gasteiger partial charge >= 0.3 is 5.97 Å². The fourth-order valence-electron chi connectivity index (χ4n) is 2.32. The molecule has 0 saturated heterocycles. The predicted molar refractivity (Wildman–Crippen MR) is 97.9 cm³/mol. The van der Waals surface area contributed by atoms with E-state index in [4.69, 9.17) is 16.3 Å². The molecular weight excluding hydrogens is 342 g/mol. The van der Waals surface area contributed by atoms with Crippen LogP contribution in [0.3, 0.4) is 0 Å². The third-order valence-corrected chi connectivity index (χ3v) is 3.58. The molecule has 1 N–H and O–H groups in total. The van der Waals surface area contributed by atoms with Crippen molar-refractivity contribution >= 4 is 29.3 Å². The molecule has 0 aromatic heterocycles. The molecule has 0 saturated carbocycles. The number of halogens is 1. The van der Waals surface area contributed by atoms with Gasteiger partial charge < -0.3 is 10.1 Å². The van der Waals surface area contributed by atoms with Crippen molar-refractivity contribution in [3.05, 3.63) is 34.3 Å². The number of carbonyl (C=O) groups excluding carboxylic acids is 3. The molecule has 0 bridgehead atoms. The zero-order valence-electron chi connectivity index (χ0n) is 15.3. The number of nitrogens with one attached hydrogen (secondary N) is 1. The Morgan fingerprint density at radius 3 is 2.44 bits per heavy atom. The monoisotopic (exact) mass is 367 g/mol. The molecular formula is C19H26ClNO4. The summed E-state index contributed by atoms with van der Waals surface area (Å²) in [6.07, 6.45) is 1.46. The third-order valence-electron chi connectivity index (χ3n) is 3.34. The second kappa shape index (κ2) is 9.56. The molecule has 0 radical (unpaired) electrons. The molecule has 1 aromatic rings. The average molecular weight is 368 g/mol. The number of aryl methyl sites for hydroxylation is 1. The maximum atomic E-state index is 12.4. The van der Waals surface area contributed by atoms with E-state index in [1.807, 2.05) is 20.8 Å². The van der Waals surface area contributed by atoms with Crippen LogP contribution in [0.25, 0.3) is 0 Å². The number of Topliss-reactive ketones (excluding diaryl/α,β-unsaturated/α-hetero) is 1. The average Bonchev–Trinajstić information content (AvgIpc) is 2.47. The first kappa shape index (κ1) is 21.2. The van der Waals surface area contributed by atoms with Gasteiger partial charge in [0.2, 0.25) is 5.91 Å². The second-order valence-corrected chi connectivity index (χ2v) is 7.33. The summed E-state index contributed by atoms with van der Waals surface area (Å²) in [5.41, 5.74) is 0.770. The van der Waals surface area contributed by atoms with Crippen LogP contribution in [0.2, 0.25) is 5.02 Å². The van der Waals surface area contributed by atoms with E-state index in [1.54, 1.807) is 18.2 Å². The first-order chi connectivity index (χ1) is 11.6. The van der Waals surface area contributed by atoms with Crippen LogP contribution in [0.15, 0.2) is 18.2 Å². The standard InChI is InChI=1S/C19H26ClNO4/c1-13(22)21-11-5-6-17(23)16-9-8-15(20)12-14(16)7-10-18(24)25-19(2,3)4/h8-9,12H,5-7,10-11H2,1-4H3,(H,21,22). The summed E-state index contributed by atoms with van der Waals surface area (Å²) in [4.78, 5) is 35.2. The third kappa shape index (κ3) is 8.68. The minimum atomic E-state index is -0.534. The van der Waals surface area contributed by atoms with Gasteiger partial charge in [0.05, 0.1) is 0 Å². The van der Waals surface area contributed by atoms with Gasteiger partial charge in [-0.3, -0.25) is 14.4 Å². The number of amides is 1. The summed E-state index contributed by atoms with van der Waals surface area (Å²) >= 11 is 6.03. The molecule has 0 spiro atoms. The van der Waals surface area contributed by atoms with Crippen LogP contribution in [0, 0.1) is 0 Å². The maximum Gasteiger partial charge on any atom is 0.306 e. The van der Waals surface area contributed by atoms with Crippen LogP contribution in [-0.2, 0) is 20.7 Å². The van der Waals surface area contributed by atoms with Crippen molar-refractivity contribution in [3.8, 4) is 0 Å². The van der Waals surface area contributed by atoms with Crippen LogP contribution in [0.4, 0.5) is 0 Å². The van der Waals surface area contributed by atoms with Crippen molar-refractivity contribution < 1.29 is 19.1 Å². The van der Waals surface area contributed by atoms with Crippen molar-refractivity contribution in [1.82, 2.24) is 5.32 Å². The zero-order valence-corrected chi connectivity index (χ0v) is 16.0. The number of benzene rings is 1. The summed E-state index contributed by atoms with van der Waals surface area (Å²) in [7, 11) is 0. The summed E-state index contributed by atoms with van der Waals surface area (Å²) in [5.74, 6) is -0.449. The largest absolute Gasteiger partial charge is 0.460 e. The first-order valence-electron chi connectivity index (χ1n) is 8.36. The first-order valence-corrected chi connectivity index (χ1v) is 8.74. The highest BCUT2D eigenvalue weighted by Gasteiger charge is 2.18. The molecule has 138 valence electrons. The van der Waals surface area contributed by atoms with Crippen LogP contribution < -0.4 is 5.32 Å². The zero-order chi connectivity index (χ0) is 19.0. The molecule has 0 fully saturated rings. The lowest BCUT2D eigenvalue weighted by atomic mass is 9.97. The van der Waals surface area contributed by atoms with Crippen molar-refractivity contribution in [1.29, 1.82) is 0 Å². The molecule has 0 unspecified atom stereocenters. The fraction of sp³-hybridized carbons (Fsp3) is 0.526. The quantitative estimate of drug-likeness (QED) is 0.432. The van der Waals surface area contributed by atoms with Gasteiger partial charge in [-0.15, -0.1) is 0 Å². The Hall–Kier alpha value is -1.88. The van der Waals surface area contributed by atoms with Crippen molar-refractivity contribution in [2.24, 2.45) is 0 Å². The molecule has 1 rings (SSSR count). The molecule has 5 nitrogen and oxygen atoms in total. The number of ketones is 1. The smallest absolute Gasteiger partial charge is 0.306 e. The lowest BCUT2D eigenvalue weighted by Gasteiger charge is -2.19. The SMILES string of the molecule is CC(=O)NCCCC(=O)c1ccc(Cl)cc1CCC(=O)OC(C)(C)C. The van der Waals surface area contributed by atoms with Gasteiger partial charge in [0, 0.05) is 36.9 Å². The molecule has 0 aliphatic rings. The Balaban J connectivity index is 2.70. The van der Waals surface area contributed by atoms with Crippen molar-refractivity contribution in [2.75, 3.05) is 6.54 Å². The van der Waals surface area contributed by atoms with Gasteiger partial charge in [-0.1, -0.05) is 11.6 Å². The summed E-state index contributed by atoms with van der Waals surface area (Å²) in [5, 5.41) is 3.19. The molecule has 0 atom stereocenters.